The summed E-state index contributed by atoms with van der Waals surface area (Å²) in [4.78, 5) is 42.0. The second kappa shape index (κ2) is 7.65. The third-order valence-corrected chi connectivity index (χ3v) is 6.05. The fourth-order valence-electron chi connectivity index (χ4n) is 4.60. The number of aromatic nitrogens is 1. The van der Waals surface area contributed by atoms with Crippen molar-refractivity contribution in [2.24, 2.45) is 0 Å². The van der Waals surface area contributed by atoms with Crippen molar-refractivity contribution in [3.8, 4) is 17.2 Å². The van der Waals surface area contributed by atoms with Gasteiger partial charge in [0.25, 0.3) is 5.56 Å². The molecule has 0 saturated carbocycles. The molecule has 172 valence electrons. The lowest BCUT2D eigenvalue weighted by molar-refractivity contribution is -0.151. The van der Waals surface area contributed by atoms with Gasteiger partial charge in [-0.1, -0.05) is 12.1 Å². The van der Waals surface area contributed by atoms with Crippen molar-refractivity contribution in [1.29, 1.82) is 0 Å². The van der Waals surface area contributed by atoms with E-state index in [4.69, 9.17) is 23.4 Å². The molecule has 34 heavy (non-hydrogen) atoms. The van der Waals surface area contributed by atoms with E-state index < -0.39 is 29.2 Å². The van der Waals surface area contributed by atoms with Gasteiger partial charge in [0, 0.05) is 17.0 Å². The Morgan fingerprint density at radius 2 is 1.85 bits per heavy atom. The molecule has 4 heterocycles. The molecule has 0 unspecified atom stereocenters. The van der Waals surface area contributed by atoms with Gasteiger partial charge in [0.15, 0.2) is 11.5 Å². The number of ether oxygens (including phenoxy) is 4. The van der Waals surface area contributed by atoms with Crippen LogP contribution in [0.2, 0.25) is 0 Å². The van der Waals surface area contributed by atoms with Crippen LogP contribution in [0.4, 0.5) is 0 Å². The lowest BCUT2D eigenvalue weighted by atomic mass is 9.88. The van der Waals surface area contributed by atoms with Crippen LogP contribution in [0.25, 0.3) is 21.9 Å². The maximum Gasteiger partial charge on any atom is 0.348 e. The fraction of sp³-hybridized carbons (Fsp3) is 0.240. The minimum Gasteiger partial charge on any atom is -0.486 e. The zero-order valence-electron chi connectivity index (χ0n) is 18.1. The number of nitrogens with one attached hydrogen (secondary N) is 1. The molecule has 0 spiro atoms. The summed E-state index contributed by atoms with van der Waals surface area (Å²) in [7, 11) is 0. The normalized spacial score (nSPS) is 18.5. The summed E-state index contributed by atoms with van der Waals surface area (Å²) in [5.41, 5.74) is 0.0171. The van der Waals surface area contributed by atoms with E-state index in [0.29, 0.717) is 46.6 Å². The molecule has 1 N–H and O–H groups in total. The van der Waals surface area contributed by atoms with E-state index in [1.54, 1.807) is 49.4 Å². The van der Waals surface area contributed by atoms with Gasteiger partial charge in [-0.3, -0.25) is 4.79 Å². The summed E-state index contributed by atoms with van der Waals surface area (Å²) >= 11 is 0. The van der Waals surface area contributed by atoms with Crippen molar-refractivity contribution >= 4 is 27.8 Å². The Morgan fingerprint density at radius 3 is 2.65 bits per heavy atom. The molecule has 2 aromatic carbocycles. The van der Waals surface area contributed by atoms with Gasteiger partial charge < -0.3 is 28.3 Å². The highest BCUT2D eigenvalue weighted by atomic mass is 16.6. The lowest BCUT2D eigenvalue weighted by Crippen LogP contribution is -2.35. The summed E-state index contributed by atoms with van der Waals surface area (Å²) in [5.74, 6) is -0.387. The number of fused-ring (bicyclic) bond motifs is 5. The first-order valence-electron chi connectivity index (χ1n) is 10.9. The molecule has 4 aromatic rings. The molecule has 0 saturated heterocycles. The number of carbonyl (C=O) groups excluding carboxylic acids is 1. The predicted octanol–water partition coefficient (Wildman–Crippen LogP) is 2.86. The van der Waals surface area contributed by atoms with Crippen LogP contribution in [-0.4, -0.2) is 36.9 Å². The number of H-pyrrole nitrogens is 1. The van der Waals surface area contributed by atoms with Gasteiger partial charge in [0.05, 0.1) is 29.0 Å². The Morgan fingerprint density at radius 1 is 1.09 bits per heavy atom. The molecule has 2 atom stereocenters. The third-order valence-electron chi connectivity index (χ3n) is 6.05. The van der Waals surface area contributed by atoms with E-state index >= 15 is 0 Å². The van der Waals surface area contributed by atoms with Crippen LogP contribution in [0, 0.1) is 0 Å². The number of para-hydroxylation sites is 1. The zero-order chi connectivity index (χ0) is 23.4. The number of rotatable bonds is 3. The number of pyridine rings is 1. The van der Waals surface area contributed by atoms with Gasteiger partial charge in [0.2, 0.25) is 6.10 Å². The third kappa shape index (κ3) is 3.04. The maximum absolute atomic E-state index is 13.2. The smallest absolute Gasteiger partial charge is 0.348 e. The molecule has 0 bridgehead atoms. The van der Waals surface area contributed by atoms with E-state index in [2.05, 4.69) is 4.98 Å². The van der Waals surface area contributed by atoms with Gasteiger partial charge >= 0.3 is 11.6 Å². The quantitative estimate of drug-likeness (QED) is 0.366. The van der Waals surface area contributed by atoms with Gasteiger partial charge in [-0.05, 0) is 31.2 Å². The molecule has 0 aliphatic carbocycles. The Balaban J connectivity index is 1.59. The maximum atomic E-state index is 13.2. The van der Waals surface area contributed by atoms with Gasteiger partial charge in [-0.25, -0.2) is 9.59 Å². The van der Waals surface area contributed by atoms with E-state index in [1.807, 2.05) is 0 Å². The van der Waals surface area contributed by atoms with Crippen LogP contribution in [0.15, 0.2) is 56.5 Å². The van der Waals surface area contributed by atoms with E-state index in [0.717, 1.165) is 0 Å². The van der Waals surface area contributed by atoms with Crippen LogP contribution in [0.5, 0.6) is 17.2 Å². The van der Waals surface area contributed by atoms with Crippen molar-refractivity contribution < 1.29 is 28.2 Å². The Hall–Kier alpha value is -4.27. The van der Waals surface area contributed by atoms with Crippen LogP contribution >= 0.6 is 0 Å². The Kier molecular flexibility index (Phi) is 4.58. The van der Waals surface area contributed by atoms with E-state index in [9.17, 15) is 14.4 Å². The predicted molar refractivity (Wildman–Crippen MR) is 121 cm³/mol. The number of benzene rings is 2. The Labute approximate surface area is 191 Å². The zero-order valence-corrected chi connectivity index (χ0v) is 18.1. The topological polar surface area (TPSA) is 117 Å². The van der Waals surface area contributed by atoms with Crippen molar-refractivity contribution in [1.82, 2.24) is 4.98 Å². The van der Waals surface area contributed by atoms with E-state index in [1.165, 1.54) is 0 Å². The van der Waals surface area contributed by atoms with Crippen LogP contribution in [0.3, 0.4) is 0 Å². The highest BCUT2D eigenvalue weighted by Crippen LogP contribution is 2.44. The summed E-state index contributed by atoms with van der Waals surface area (Å²) in [6, 6.07) is 12.0. The molecule has 0 amide bonds. The minimum absolute atomic E-state index is 0.110. The second-order valence-electron chi connectivity index (χ2n) is 8.03. The summed E-state index contributed by atoms with van der Waals surface area (Å²) < 4.78 is 28.0. The first kappa shape index (κ1) is 20.3. The van der Waals surface area contributed by atoms with Crippen LogP contribution < -0.4 is 25.4 Å². The highest BCUT2D eigenvalue weighted by molar-refractivity contribution is 5.89. The average Bonchev–Trinajstić information content (AvgIpc) is 3.24. The monoisotopic (exact) mass is 461 g/mol. The fourth-order valence-corrected chi connectivity index (χ4v) is 4.60. The summed E-state index contributed by atoms with van der Waals surface area (Å²) in [6.07, 6.45) is -1.22. The average molecular weight is 461 g/mol. The molecule has 9 nitrogen and oxygen atoms in total. The molecular formula is C25H19NO8. The molecule has 0 fully saturated rings. The molecule has 9 heteroatoms. The van der Waals surface area contributed by atoms with Crippen molar-refractivity contribution in [2.75, 3.05) is 19.8 Å². The first-order chi connectivity index (χ1) is 16.5. The molecule has 0 radical (unpaired) electrons. The summed E-state index contributed by atoms with van der Waals surface area (Å²) in [5, 5.41) is 1.19. The van der Waals surface area contributed by atoms with Crippen molar-refractivity contribution in [3.63, 3.8) is 0 Å². The molecule has 2 aromatic heterocycles. The summed E-state index contributed by atoms with van der Waals surface area (Å²) in [6.45, 7) is 2.63. The lowest BCUT2D eigenvalue weighted by Gasteiger charge is -2.20. The van der Waals surface area contributed by atoms with Crippen LogP contribution in [0.1, 0.15) is 24.0 Å². The number of hydrogen-bond donors (Lipinski definition) is 1. The van der Waals surface area contributed by atoms with E-state index in [-0.39, 0.29) is 23.5 Å². The van der Waals surface area contributed by atoms with Gasteiger partial charge in [-0.15, -0.1) is 0 Å². The molecule has 2 aliphatic rings. The van der Waals surface area contributed by atoms with Gasteiger partial charge in [-0.2, -0.15) is 0 Å². The second-order valence-corrected chi connectivity index (χ2v) is 8.03. The Bertz CT molecular complexity index is 1580. The van der Waals surface area contributed by atoms with Crippen molar-refractivity contribution in [3.05, 3.63) is 74.4 Å². The minimum atomic E-state index is -1.22. The molecule has 6 rings (SSSR count). The number of carbonyl (C=O) groups is 1. The standard InChI is InChI=1S/C25H19NO8/c1-2-30-25(29)22-19(20-21(34-22)13-5-3-4-6-16(13)33-24(20)28)14-9-12-10-17-18(32-8-7-31-17)11-15(12)26-23(14)27/h3-6,9-11,19,22H,2,7-8H2,1H3,(H,26,27)/t19-,22-/m1/s1. The molecule has 2 aliphatic heterocycles. The van der Waals surface area contributed by atoms with Crippen molar-refractivity contribution in [2.45, 2.75) is 18.9 Å². The number of aromatic amines is 1. The van der Waals surface area contributed by atoms with Crippen LogP contribution in [-0.2, 0) is 9.53 Å². The highest BCUT2D eigenvalue weighted by Gasteiger charge is 2.46. The largest absolute Gasteiger partial charge is 0.486 e. The first-order valence-corrected chi connectivity index (χ1v) is 10.9. The number of esters is 1. The van der Waals surface area contributed by atoms with Gasteiger partial charge in [0.1, 0.15) is 24.5 Å². The molecular weight excluding hydrogens is 442 g/mol. The SMILES string of the molecule is CCOC(=O)[C@@H]1Oc2c(c(=O)oc3ccccc23)[C@H]1c1cc2cc3c(cc2[nH]c1=O)OCCO3. The number of hydrogen-bond acceptors (Lipinski definition) is 8.